The normalized spacial score (nSPS) is 17.0. The molecule has 1 fully saturated rings. The minimum absolute atomic E-state index is 0.0306. The number of thioether (sulfide) groups is 1. The lowest BCUT2D eigenvalue weighted by Gasteiger charge is -2.16. The smallest absolute Gasteiger partial charge is 0.262 e. The van der Waals surface area contributed by atoms with Crippen molar-refractivity contribution in [1.82, 2.24) is 9.55 Å². The van der Waals surface area contributed by atoms with Gasteiger partial charge in [0.05, 0.1) is 34.2 Å². The van der Waals surface area contributed by atoms with Crippen LogP contribution in [0.15, 0.2) is 51.7 Å². The lowest BCUT2D eigenvalue weighted by molar-refractivity contribution is 0.0937. The summed E-state index contributed by atoms with van der Waals surface area (Å²) in [6.45, 7) is 1.21. The van der Waals surface area contributed by atoms with E-state index in [9.17, 15) is 9.59 Å². The molecule has 3 aromatic rings. The summed E-state index contributed by atoms with van der Waals surface area (Å²) in [5, 5.41) is 3.06. The fourth-order valence-electron chi connectivity index (χ4n) is 3.05. The molecule has 0 amide bonds. The average Bonchev–Trinajstić information content (AvgIpc) is 3.36. The highest BCUT2D eigenvalue weighted by Crippen LogP contribution is 2.22. The van der Waals surface area contributed by atoms with Crippen molar-refractivity contribution in [1.29, 1.82) is 0 Å². The van der Waals surface area contributed by atoms with Gasteiger partial charge in [0.1, 0.15) is 0 Å². The SMILES string of the molecule is O=C(CSc1nc2ccccc2c(=O)n1C[C@@H]1CCCO1)c1cccs1. The van der Waals surface area contributed by atoms with Gasteiger partial charge in [-0.25, -0.2) is 4.98 Å². The van der Waals surface area contributed by atoms with E-state index in [-0.39, 0.29) is 23.2 Å². The number of ketones is 1. The van der Waals surface area contributed by atoms with Gasteiger partial charge in [0.15, 0.2) is 10.9 Å². The molecule has 1 aliphatic heterocycles. The van der Waals surface area contributed by atoms with Crippen molar-refractivity contribution in [2.24, 2.45) is 0 Å². The maximum Gasteiger partial charge on any atom is 0.262 e. The van der Waals surface area contributed by atoms with Crippen LogP contribution in [0.1, 0.15) is 22.5 Å². The number of Topliss-reactive ketones (excluding diaryl/α,β-unsaturated/α-hetero) is 1. The van der Waals surface area contributed by atoms with Crippen molar-refractivity contribution < 1.29 is 9.53 Å². The predicted molar refractivity (Wildman–Crippen MR) is 104 cm³/mol. The molecule has 0 N–H and O–H groups in total. The van der Waals surface area contributed by atoms with Crippen LogP contribution in [-0.4, -0.2) is 33.8 Å². The number of carbonyl (C=O) groups is 1. The van der Waals surface area contributed by atoms with Gasteiger partial charge in [-0.1, -0.05) is 30.0 Å². The Kier molecular flexibility index (Phi) is 5.19. The summed E-state index contributed by atoms with van der Waals surface area (Å²) in [5.74, 6) is 0.313. The standard InChI is InChI=1S/C19H18N2O3S2/c22-16(17-8-4-10-25-17)12-26-19-20-15-7-2-1-6-14(15)18(23)21(19)11-13-5-3-9-24-13/h1-2,4,6-8,10,13H,3,5,9,11-12H2/t13-/m0/s1. The van der Waals surface area contributed by atoms with Crippen molar-refractivity contribution >= 4 is 39.8 Å². The summed E-state index contributed by atoms with van der Waals surface area (Å²) in [7, 11) is 0. The average molecular weight is 386 g/mol. The quantitative estimate of drug-likeness (QED) is 0.368. The van der Waals surface area contributed by atoms with E-state index >= 15 is 0 Å². The monoisotopic (exact) mass is 386 g/mol. The van der Waals surface area contributed by atoms with Crippen LogP contribution in [0.5, 0.6) is 0 Å². The molecule has 134 valence electrons. The molecule has 1 atom stereocenters. The summed E-state index contributed by atoms with van der Waals surface area (Å²) >= 11 is 2.75. The third-order valence-corrected chi connectivity index (χ3v) is 6.25. The van der Waals surface area contributed by atoms with E-state index < -0.39 is 0 Å². The molecule has 0 spiro atoms. The first-order valence-electron chi connectivity index (χ1n) is 8.53. The fraction of sp³-hybridized carbons (Fsp3) is 0.316. The Hall–Kier alpha value is -1.96. The maximum atomic E-state index is 13.0. The lowest BCUT2D eigenvalue weighted by Crippen LogP contribution is -2.29. The van der Waals surface area contributed by atoms with Gasteiger partial charge in [-0.05, 0) is 36.4 Å². The number of ether oxygens (including phenoxy) is 1. The molecule has 7 heteroatoms. The highest BCUT2D eigenvalue weighted by molar-refractivity contribution is 7.99. The summed E-state index contributed by atoms with van der Waals surface area (Å²) in [6.07, 6.45) is 1.99. The third-order valence-electron chi connectivity index (χ3n) is 4.37. The van der Waals surface area contributed by atoms with E-state index in [1.165, 1.54) is 23.1 Å². The van der Waals surface area contributed by atoms with Gasteiger partial charge in [0.25, 0.3) is 5.56 Å². The maximum absolute atomic E-state index is 13.0. The molecule has 4 rings (SSSR count). The van der Waals surface area contributed by atoms with Crippen LogP contribution in [0, 0.1) is 0 Å². The minimum atomic E-state index is -0.0721. The first-order valence-corrected chi connectivity index (χ1v) is 10.4. The number of aromatic nitrogens is 2. The van der Waals surface area contributed by atoms with Gasteiger partial charge in [0, 0.05) is 6.61 Å². The van der Waals surface area contributed by atoms with Crippen LogP contribution in [0.4, 0.5) is 0 Å². The lowest BCUT2D eigenvalue weighted by atomic mass is 10.2. The van der Waals surface area contributed by atoms with E-state index in [1.807, 2.05) is 35.7 Å². The van der Waals surface area contributed by atoms with Gasteiger partial charge in [-0.3, -0.25) is 14.2 Å². The number of benzene rings is 1. The molecule has 0 unspecified atom stereocenters. The Balaban J connectivity index is 1.66. The topological polar surface area (TPSA) is 61.2 Å². The van der Waals surface area contributed by atoms with Crippen LogP contribution in [-0.2, 0) is 11.3 Å². The molecule has 1 aliphatic rings. The molecule has 2 aromatic heterocycles. The molecule has 5 nitrogen and oxygen atoms in total. The van der Waals surface area contributed by atoms with Crippen LogP contribution in [0.25, 0.3) is 10.9 Å². The largest absolute Gasteiger partial charge is 0.376 e. The van der Waals surface area contributed by atoms with Gasteiger partial charge in [0.2, 0.25) is 0 Å². The Labute approximate surface area is 159 Å². The number of hydrogen-bond acceptors (Lipinski definition) is 6. The molecule has 0 aliphatic carbocycles. The number of para-hydroxylation sites is 1. The summed E-state index contributed by atoms with van der Waals surface area (Å²) in [5.41, 5.74) is 0.587. The molecule has 1 saturated heterocycles. The van der Waals surface area contributed by atoms with Gasteiger partial charge < -0.3 is 4.74 Å². The zero-order valence-corrected chi connectivity index (χ0v) is 15.7. The summed E-state index contributed by atoms with van der Waals surface area (Å²) in [6, 6.07) is 11.0. The Morgan fingerprint density at radius 1 is 1.31 bits per heavy atom. The van der Waals surface area contributed by atoms with Crippen molar-refractivity contribution in [2.45, 2.75) is 30.6 Å². The van der Waals surface area contributed by atoms with Gasteiger partial charge in [-0.15, -0.1) is 11.3 Å². The molecule has 3 heterocycles. The van der Waals surface area contributed by atoms with Crippen LogP contribution in [0.2, 0.25) is 0 Å². The second-order valence-electron chi connectivity index (χ2n) is 6.15. The molecule has 0 radical (unpaired) electrons. The third kappa shape index (κ3) is 3.60. The van der Waals surface area contributed by atoms with Crippen LogP contribution < -0.4 is 5.56 Å². The molecule has 0 bridgehead atoms. The van der Waals surface area contributed by atoms with Crippen molar-refractivity contribution in [3.63, 3.8) is 0 Å². The molecular formula is C19H18N2O3S2. The highest BCUT2D eigenvalue weighted by Gasteiger charge is 2.21. The molecular weight excluding hydrogens is 368 g/mol. The Morgan fingerprint density at radius 3 is 2.96 bits per heavy atom. The van der Waals surface area contributed by atoms with E-state index in [2.05, 4.69) is 4.98 Å². The van der Waals surface area contributed by atoms with E-state index in [0.29, 0.717) is 22.6 Å². The Morgan fingerprint density at radius 2 is 2.19 bits per heavy atom. The fourth-order valence-corrected chi connectivity index (χ4v) is 4.70. The number of hydrogen-bond donors (Lipinski definition) is 0. The van der Waals surface area contributed by atoms with Crippen molar-refractivity contribution in [2.75, 3.05) is 12.4 Å². The highest BCUT2D eigenvalue weighted by atomic mass is 32.2. The molecule has 0 saturated carbocycles. The van der Waals surface area contributed by atoms with Crippen LogP contribution >= 0.6 is 23.1 Å². The predicted octanol–water partition coefficient (Wildman–Crippen LogP) is 3.61. The van der Waals surface area contributed by atoms with Gasteiger partial charge in [-0.2, -0.15) is 0 Å². The van der Waals surface area contributed by atoms with Crippen molar-refractivity contribution in [3.8, 4) is 0 Å². The Bertz CT molecular complexity index is 976. The first-order chi connectivity index (χ1) is 12.7. The number of rotatable bonds is 6. The number of carbonyl (C=O) groups excluding carboxylic acids is 1. The number of thiophene rings is 1. The zero-order valence-electron chi connectivity index (χ0n) is 14.1. The van der Waals surface area contributed by atoms with E-state index in [0.717, 1.165) is 24.3 Å². The first kappa shape index (κ1) is 17.5. The minimum Gasteiger partial charge on any atom is -0.376 e. The summed E-state index contributed by atoms with van der Waals surface area (Å²) in [4.78, 5) is 30.7. The van der Waals surface area contributed by atoms with E-state index in [1.54, 1.807) is 10.6 Å². The molecule has 26 heavy (non-hydrogen) atoms. The zero-order chi connectivity index (χ0) is 17.9. The van der Waals surface area contributed by atoms with Gasteiger partial charge >= 0.3 is 0 Å². The van der Waals surface area contributed by atoms with Crippen LogP contribution in [0.3, 0.4) is 0 Å². The number of fused-ring (bicyclic) bond motifs is 1. The summed E-state index contributed by atoms with van der Waals surface area (Å²) < 4.78 is 7.37. The van der Waals surface area contributed by atoms with Crippen molar-refractivity contribution in [3.05, 3.63) is 57.0 Å². The van der Waals surface area contributed by atoms with E-state index in [4.69, 9.17) is 4.74 Å². The second-order valence-corrected chi connectivity index (χ2v) is 8.04. The second kappa shape index (κ2) is 7.73. The number of nitrogens with zero attached hydrogens (tertiary/aromatic N) is 2. The molecule has 1 aromatic carbocycles.